The van der Waals surface area contributed by atoms with Gasteiger partial charge < -0.3 is 14.8 Å². The molecule has 0 radical (unpaired) electrons. The van der Waals surface area contributed by atoms with Gasteiger partial charge in [0.15, 0.2) is 0 Å². The Balaban J connectivity index is 1.63. The van der Waals surface area contributed by atoms with E-state index >= 15 is 0 Å². The van der Waals surface area contributed by atoms with Crippen LogP contribution in [0.3, 0.4) is 0 Å². The third-order valence-corrected chi connectivity index (χ3v) is 3.14. The van der Waals surface area contributed by atoms with Crippen LogP contribution in [0.2, 0.25) is 0 Å². The van der Waals surface area contributed by atoms with Crippen LogP contribution in [0.15, 0.2) is 0 Å². The number of nitrogens with one attached hydrogen (secondary N) is 1. The molecule has 0 aromatic heterocycles. The molecule has 1 saturated heterocycles. The van der Waals surface area contributed by atoms with Crippen molar-refractivity contribution in [3.05, 3.63) is 0 Å². The van der Waals surface area contributed by atoms with Crippen molar-refractivity contribution < 1.29 is 14.3 Å². The van der Waals surface area contributed by atoms with E-state index in [1.54, 1.807) is 0 Å². The first-order valence-electron chi connectivity index (χ1n) is 5.72. The second kappa shape index (κ2) is 4.49. The highest BCUT2D eigenvalue weighted by atomic mass is 16.6. The largest absolute Gasteiger partial charge is 0.461 e. The number of rotatable bonds is 4. The van der Waals surface area contributed by atoms with E-state index in [1.165, 1.54) is 12.8 Å². The summed E-state index contributed by atoms with van der Waals surface area (Å²) in [6.07, 6.45) is 4.55. The lowest BCUT2D eigenvalue weighted by Gasteiger charge is -2.38. The molecule has 0 unspecified atom stereocenters. The van der Waals surface area contributed by atoms with Crippen LogP contribution in [0, 0.1) is 0 Å². The van der Waals surface area contributed by atoms with Crippen LogP contribution in [0.4, 0.5) is 0 Å². The summed E-state index contributed by atoms with van der Waals surface area (Å²) in [5.74, 6) is -0.213. The van der Waals surface area contributed by atoms with Gasteiger partial charge in [-0.05, 0) is 32.6 Å². The predicted octanol–water partition coefficient (Wildman–Crippen LogP) is 0.851. The van der Waals surface area contributed by atoms with Gasteiger partial charge >= 0.3 is 5.97 Å². The van der Waals surface area contributed by atoms with Gasteiger partial charge in [-0.25, -0.2) is 4.79 Å². The van der Waals surface area contributed by atoms with Crippen LogP contribution in [-0.4, -0.2) is 37.4 Å². The van der Waals surface area contributed by atoms with Crippen LogP contribution in [0.25, 0.3) is 0 Å². The normalized spacial score (nSPS) is 24.9. The average Bonchev–Trinajstić information content (AvgIpc) is 2.64. The van der Waals surface area contributed by atoms with Crippen molar-refractivity contribution >= 4 is 5.97 Å². The minimum absolute atomic E-state index is 0.0919. The van der Waals surface area contributed by atoms with Crippen LogP contribution >= 0.6 is 0 Å². The maximum atomic E-state index is 11.4. The highest BCUT2D eigenvalue weighted by molar-refractivity contribution is 5.71. The van der Waals surface area contributed by atoms with E-state index in [1.807, 2.05) is 6.92 Å². The molecule has 1 N–H and O–H groups in total. The molecule has 1 aliphatic heterocycles. The lowest BCUT2D eigenvalue weighted by molar-refractivity contribution is -0.163. The molecule has 2 aliphatic rings. The molecule has 0 spiro atoms. The van der Waals surface area contributed by atoms with E-state index in [9.17, 15) is 4.79 Å². The standard InChI is InChI=1S/C11H19NO3/c1-11(7-12-8-11)14-6-10(13)15-9-4-2-3-5-9/h9,12H,2-8H2,1H3. The molecule has 0 bridgehead atoms. The van der Waals surface area contributed by atoms with Gasteiger partial charge in [-0.15, -0.1) is 0 Å². The first-order chi connectivity index (χ1) is 7.18. The van der Waals surface area contributed by atoms with Gasteiger partial charge in [0.25, 0.3) is 0 Å². The summed E-state index contributed by atoms with van der Waals surface area (Å²) in [6.45, 7) is 3.74. The number of carbonyl (C=O) groups is 1. The quantitative estimate of drug-likeness (QED) is 0.703. The topological polar surface area (TPSA) is 47.6 Å². The molecule has 15 heavy (non-hydrogen) atoms. The summed E-state index contributed by atoms with van der Waals surface area (Å²) >= 11 is 0. The zero-order valence-electron chi connectivity index (χ0n) is 9.25. The maximum absolute atomic E-state index is 11.4. The van der Waals surface area contributed by atoms with Gasteiger partial charge in [0.2, 0.25) is 0 Å². The zero-order valence-corrected chi connectivity index (χ0v) is 9.25. The molecule has 1 saturated carbocycles. The van der Waals surface area contributed by atoms with Crippen LogP contribution in [0.1, 0.15) is 32.6 Å². The smallest absolute Gasteiger partial charge is 0.332 e. The monoisotopic (exact) mass is 213 g/mol. The van der Waals surface area contributed by atoms with Crippen LogP contribution in [0.5, 0.6) is 0 Å². The number of ether oxygens (including phenoxy) is 2. The van der Waals surface area contributed by atoms with Gasteiger partial charge in [0.1, 0.15) is 12.7 Å². The fraction of sp³-hybridized carbons (Fsp3) is 0.909. The molecule has 0 aromatic carbocycles. The highest BCUT2D eigenvalue weighted by Gasteiger charge is 2.33. The Kier molecular flexibility index (Phi) is 3.26. The first-order valence-corrected chi connectivity index (χ1v) is 5.72. The van der Waals surface area contributed by atoms with E-state index in [2.05, 4.69) is 5.32 Å². The van der Waals surface area contributed by atoms with E-state index in [0.717, 1.165) is 25.9 Å². The number of hydrogen-bond donors (Lipinski definition) is 1. The summed E-state index contributed by atoms with van der Waals surface area (Å²) in [6, 6.07) is 0. The summed E-state index contributed by atoms with van der Waals surface area (Å²) in [5.41, 5.74) is -0.158. The number of hydrogen-bond acceptors (Lipinski definition) is 4. The van der Waals surface area contributed by atoms with E-state index in [-0.39, 0.29) is 24.3 Å². The third kappa shape index (κ3) is 2.92. The molecule has 4 nitrogen and oxygen atoms in total. The average molecular weight is 213 g/mol. The van der Waals surface area contributed by atoms with Gasteiger partial charge in [0.05, 0.1) is 5.60 Å². The van der Waals surface area contributed by atoms with Crippen molar-refractivity contribution in [2.75, 3.05) is 19.7 Å². The highest BCUT2D eigenvalue weighted by Crippen LogP contribution is 2.21. The fourth-order valence-corrected chi connectivity index (χ4v) is 2.04. The van der Waals surface area contributed by atoms with Gasteiger partial charge in [0, 0.05) is 13.1 Å². The molecule has 0 aromatic rings. The van der Waals surface area contributed by atoms with Crippen LogP contribution < -0.4 is 5.32 Å². The zero-order chi connectivity index (χ0) is 10.7. The number of esters is 1. The summed E-state index contributed by atoms with van der Waals surface area (Å²) in [5, 5.41) is 3.12. The van der Waals surface area contributed by atoms with Gasteiger partial charge in [-0.3, -0.25) is 0 Å². The van der Waals surface area contributed by atoms with Crippen LogP contribution in [-0.2, 0) is 14.3 Å². The molecule has 4 heteroatoms. The van der Waals surface area contributed by atoms with Crippen molar-refractivity contribution in [2.24, 2.45) is 0 Å². The Morgan fingerprint density at radius 2 is 2.07 bits per heavy atom. The van der Waals surface area contributed by atoms with E-state index in [0.29, 0.717) is 0 Å². The minimum Gasteiger partial charge on any atom is -0.461 e. The minimum atomic E-state index is -0.213. The first kappa shape index (κ1) is 10.9. The second-order valence-corrected chi connectivity index (χ2v) is 4.74. The predicted molar refractivity (Wildman–Crippen MR) is 55.6 cm³/mol. The molecule has 0 amide bonds. The maximum Gasteiger partial charge on any atom is 0.332 e. The Labute approximate surface area is 90.3 Å². The molecule has 1 heterocycles. The van der Waals surface area contributed by atoms with Crippen molar-refractivity contribution in [1.82, 2.24) is 5.32 Å². The Hall–Kier alpha value is -0.610. The lowest BCUT2D eigenvalue weighted by Crippen LogP contribution is -2.59. The second-order valence-electron chi connectivity index (χ2n) is 4.74. The Morgan fingerprint density at radius 3 is 2.60 bits per heavy atom. The molecule has 2 rings (SSSR count). The van der Waals surface area contributed by atoms with Crippen molar-refractivity contribution in [2.45, 2.75) is 44.3 Å². The summed E-state index contributed by atoms with van der Waals surface area (Å²) in [4.78, 5) is 11.4. The van der Waals surface area contributed by atoms with E-state index in [4.69, 9.17) is 9.47 Å². The van der Waals surface area contributed by atoms with Crippen molar-refractivity contribution in [1.29, 1.82) is 0 Å². The fourth-order valence-electron chi connectivity index (χ4n) is 2.04. The Morgan fingerprint density at radius 1 is 1.40 bits per heavy atom. The van der Waals surface area contributed by atoms with E-state index < -0.39 is 0 Å². The molecule has 1 aliphatic carbocycles. The van der Waals surface area contributed by atoms with Gasteiger partial charge in [-0.2, -0.15) is 0 Å². The molecule has 0 atom stereocenters. The van der Waals surface area contributed by atoms with Crippen molar-refractivity contribution in [3.8, 4) is 0 Å². The lowest BCUT2D eigenvalue weighted by atomic mass is 10.0. The SMILES string of the molecule is CC1(OCC(=O)OC2CCCC2)CNC1. The summed E-state index contributed by atoms with van der Waals surface area (Å²) in [7, 11) is 0. The van der Waals surface area contributed by atoms with Gasteiger partial charge in [-0.1, -0.05) is 0 Å². The number of carbonyl (C=O) groups excluding carboxylic acids is 1. The molecular weight excluding hydrogens is 194 g/mol. The van der Waals surface area contributed by atoms with Crippen molar-refractivity contribution in [3.63, 3.8) is 0 Å². The third-order valence-electron chi connectivity index (χ3n) is 3.14. The molecule has 2 fully saturated rings. The summed E-state index contributed by atoms with van der Waals surface area (Å²) < 4.78 is 10.8. The Bertz CT molecular complexity index is 232. The molecular formula is C11H19NO3. The molecule has 86 valence electrons.